The minimum atomic E-state index is -1.69. The predicted octanol–water partition coefficient (Wildman–Crippen LogP) is 5.64. The number of hydrogen-bond donors (Lipinski definition) is 0. The van der Waals surface area contributed by atoms with Gasteiger partial charge in [0.2, 0.25) is 16.6 Å². The monoisotopic (exact) mass is 330 g/mol. The minimum absolute atomic E-state index is 0.595. The fraction of sp³-hybridized carbons (Fsp3) is 0.750. The van der Waals surface area contributed by atoms with E-state index in [1.54, 1.807) is 0 Å². The van der Waals surface area contributed by atoms with Crippen LogP contribution in [0.15, 0.2) is 23.9 Å². The maximum atomic E-state index is 6.15. The summed E-state index contributed by atoms with van der Waals surface area (Å²) in [5, 5.41) is 0. The molecule has 5 heteroatoms. The first kappa shape index (κ1) is 20.3. The van der Waals surface area contributed by atoms with E-state index in [1.807, 2.05) is 13.0 Å². The smallest absolute Gasteiger partial charge is 0.268 e. The molecule has 0 aromatic rings. The van der Waals surface area contributed by atoms with Gasteiger partial charge in [0.05, 0.1) is 12.7 Å². The average molecular weight is 331 g/mol. The van der Waals surface area contributed by atoms with Crippen molar-refractivity contribution in [2.75, 3.05) is 6.61 Å². The van der Waals surface area contributed by atoms with Gasteiger partial charge in [0.15, 0.2) is 0 Å². The highest BCUT2D eigenvalue weighted by atomic mass is 28.4. The van der Waals surface area contributed by atoms with Gasteiger partial charge in [-0.1, -0.05) is 13.3 Å². The number of ether oxygens (including phenoxy) is 1. The molecule has 0 aliphatic carbocycles. The van der Waals surface area contributed by atoms with Crippen LogP contribution < -0.4 is 0 Å². The van der Waals surface area contributed by atoms with Crippen LogP contribution in [0.1, 0.15) is 33.1 Å². The summed E-state index contributed by atoms with van der Waals surface area (Å²) in [5.41, 5.74) is 0. The summed E-state index contributed by atoms with van der Waals surface area (Å²) < 4.78 is 17.8. The summed E-state index contributed by atoms with van der Waals surface area (Å²) in [6, 6.07) is 0. The molecule has 0 rings (SSSR count). The highest BCUT2D eigenvalue weighted by Crippen LogP contribution is 2.18. The first-order chi connectivity index (χ1) is 9.57. The van der Waals surface area contributed by atoms with Crippen molar-refractivity contribution in [3.8, 4) is 0 Å². The van der Waals surface area contributed by atoms with Gasteiger partial charge in [-0.3, -0.25) is 0 Å². The molecule has 124 valence electrons. The van der Waals surface area contributed by atoms with Crippen molar-refractivity contribution >= 4 is 16.6 Å². The van der Waals surface area contributed by atoms with Crippen LogP contribution in [0.4, 0.5) is 0 Å². The van der Waals surface area contributed by atoms with E-state index in [2.05, 4.69) is 52.3 Å². The Hall–Kier alpha value is -0.686. The Labute approximate surface area is 133 Å². The van der Waals surface area contributed by atoms with Gasteiger partial charge in [-0.25, -0.2) is 0 Å². The standard InChI is InChI=1S/C16H34O3Si2/c1-9-11-12-13-15(18-20(3,4)5)14-16(17-10-2)19-21(6,7)8/h13-14H,9-12H2,1-8H3/b15-13+,16-14+. The van der Waals surface area contributed by atoms with Crippen LogP contribution >= 0.6 is 0 Å². The Balaban J connectivity index is 5.15. The topological polar surface area (TPSA) is 27.7 Å². The number of unbranched alkanes of at least 4 members (excludes halogenated alkanes) is 2. The maximum absolute atomic E-state index is 6.15. The van der Waals surface area contributed by atoms with Crippen molar-refractivity contribution in [3.63, 3.8) is 0 Å². The van der Waals surface area contributed by atoms with E-state index < -0.39 is 16.6 Å². The Bertz CT molecular complexity index is 350. The molecule has 0 amide bonds. The fourth-order valence-electron chi connectivity index (χ4n) is 1.59. The van der Waals surface area contributed by atoms with Crippen LogP contribution in [0, 0.1) is 0 Å². The second kappa shape index (κ2) is 9.36. The minimum Gasteiger partial charge on any atom is -0.544 e. The van der Waals surface area contributed by atoms with Crippen molar-refractivity contribution in [1.29, 1.82) is 0 Å². The molecule has 0 aliphatic heterocycles. The lowest BCUT2D eigenvalue weighted by molar-refractivity contribution is 0.111. The zero-order valence-corrected chi connectivity index (χ0v) is 17.2. The molecule has 0 fully saturated rings. The maximum Gasteiger partial charge on any atom is 0.268 e. The molecule has 0 N–H and O–H groups in total. The zero-order valence-electron chi connectivity index (χ0n) is 15.2. The SMILES string of the molecule is CCCC/C=C(\C=C(/OCC)O[Si](C)(C)C)O[Si](C)(C)C. The molecule has 0 unspecified atom stereocenters. The number of rotatable bonds is 10. The first-order valence-electron chi connectivity index (χ1n) is 8.00. The third-order valence-electron chi connectivity index (χ3n) is 2.28. The van der Waals surface area contributed by atoms with E-state index in [1.165, 1.54) is 12.8 Å². The Morgan fingerprint density at radius 1 is 0.905 bits per heavy atom. The molecule has 0 spiro atoms. The Morgan fingerprint density at radius 3 is 1.90 bits per heavy atom. The normalized spacial score (nSPS) is 14.1. The molecule has 0 bridgehead atoms. The summed E-state index contributed by atoms with van der Waals surface area (Å²) in [6.07, 6.45) is 7.47. The van der Waals surface area contributed by atoms with Gasteiger partial charge >= 0.3 is 0 Å². The molecule has 0 radical (unpaired) electrons. The van der Waals surface area contributed by atoms with E-state index in [-0.39, 0.29) is 0 Å². The van der Waals surface area contributed by atoms with Crippen molar-refractivity contribution in [1.82, 2.24) is 0 Å². The average Bonchev–Trinajstić information content (AvgIpc) is 2.25. The molecule has 21 heavy (non-hydrogen) atoms. The van der Waals surface area contributed by atoms with Crippen LogP contribution in [-0.2, 0) is 13.6 Å². The number of hydrogen-bond acceptors (Lipinski definition) is 3. The molecule has 3 nitrogen and oxygen atoms in total. The lowest BCUT2D eigenvalue weighted by Gasteiger charge is -2.24. The molecular weight excluding hydrogens is 296 g/mol. The summed E-state index contributed by atoms with van der Waals surface area (Å²) in [5.74, 6) is 1.49. The highest BCUT2D eigenvalue weighted by Gasteiger charge is 2.21. The molecule has 0 aliphatic rings. The Kier molecular flexibility index (Phi) is 9.05. The van der Waals surface area contributed by atoms with Crippen molar-refractivity contribution in [2.24, 2.45) is 0 Å². The fourth-order valence-corrected chi connectivity index (χ4v) is 3.16. The van der Waals surface area contributed by atoms with Gasteiger partial charge in [0, 0.05) is 0 Å². The van der Waals surface area contributed by atoms with E-state index in [4.69, 9.17) is 13.6 Å². The summed E-state index contributed by atoms with van der Waals surface area (Å²) >= 11 is 0. The quantitative estimate of drug-likeness (QED) is 0.224. The van der Waals surface area contributed by atoms with Crippen LogP contribution in [-0.4, -0.2) is 23.2 Å². The van der Waals surface area contributed by atoms with Gasteiger partial charge in [-0.15, -0.1) is 0 Å². The molecule has 0 aromatic carbocycles. The zero-order chi connectivity index (χ0) is 16.5. The predicted molar refractivity (Wildman–Crippen MR) is 96.2 cm³/mol. The first-order valence-corrected chi connectivity index (χ1v) is 14.8. The summed E-state index contributed by atoms with van der Waals surface area (Å²) in [6.45, 7) is 17.8. The Morgan fingerprint density at radius 2 is 1.48 bits per heavy atom. The third kappa shape index (κ3) is 12.7. The van der Waals surface area contributed by atoms with Crippen LogP contribution in [0.5, 0.6) is 0 Å². The summed E-state index contributed by atoms with van der Waals surface area (Å²) in [4.78, 5) is 0. The van der Waals surface area contributed by atoms with Crippen molar-refractivity contribution in [3.05, 3.63) is 23.9 Å². The van der Waals surface area contributed by atoms with Gasteiger partial charge in [0.1, 0.15) is 5.76 Å². The van der Waals surface area contributed by atoms with Gasteiger partial charge < -0.3 is 13.6 Å². The van der Waals surface area contributed by atoms with Crippen molar-refractivity contribution in [2.45, 2.75) is 72.4 Å². The molecule has 0 heterocycles. The number of allylic oxidation sites excluding steroid dienone is 2. The lowest BCUT2D eigenvalue weighted by Crippen LogP contribution is -2.27. The third-order valence-corrected chi connectivity index (χ3v) is 3.94. The molecule has 0 saturated heterocycles. The van der Waals surface area contributed by atoms with E-state index in [0.717, 1.165) is 12.2 Å². The lowest BCUT2D eigenvalue weighted by atomic mass is 10.2. The molecule has 0 aromatic heterocycles. The van der Waals surface area contributed by atoms with E-state index in [0.29, 0.717) is 12.6 Å². The van der Waals surface area contributed by atoms with Gasteiger partial charge in [0.25, 0.3) is 5.95 Å². The van der Waals surface area contributed by atoms with Crippen molar-refractivity contribution < 1.29 is 13.6 Å². The largest absolute Gasteiger partial charge is 0.544 e. The van der Waals surface area contributed by atoms with E-state index in [9.17, 15) is 0 Å². The molecule has 0 saturated carbocycles. The molecular formula is C16H34O3Si2. The van der Waals surface area contributed by atoms with Crippen LogP contribution in [0.25, 0.3) is 0 Å². The molecule has 0 atom stereocenters. The van der Waals surface area contributed by atoms with E-state index >= 15 is 0 Å². The highest BCUT2D eigenvalue weighted by molar-refractivity contribution is 6.70. The second-order valence-electron chi connectivity index (χ2n) is 7.07. The second-order valence-corrected chi connectivity index (χ2v) is 15.9. The van der Waals surface area contributed by atoms with Gasteiger partial charge in [-0.05, 0) is 65.1 Å². The van der Waals surface area contributed by atoms with Gasteiger partial charge in [-0.2, -0.15) is 0 Å². The summed E-state index contributed by atoms with van der Waals surface area (Å²) in [7, 11) is -3.33. The van der Waals surface area contributed by atoms with Crippen LogP contribution in [0.2, 0.25) is 39.3 Å². The van der Waals surface area contributed by atoms with Crippen LogP contribution in [0.3, 0.4) is 0 Å².